The molecule has 5 rings (SSSR count). The standard InChI is InChI=1S/C28H26F3N5O4/c1-35-22-7-2-3-8-23(22)36(16-18-9-11-19(12-10-18)40-28(29,30)31)17-21(25(35)38)33-26(39)27(13-14-27)34-24(37)20-6-4-5-15-32-20/h2-12,15,21H,13-14,16-17H2,1H3,(H,33,39)(H,34,37). The molecule has 9 nitrogen and oxygen atoms in total. The predicted molar refractivity (Wildman–Crippen MR) is 140 cm³/mol. The van der Waals surface area contributed by atoms with E-state index in [2.05, 4.69) is 20.4 Å². The van der Waals surface area contributed by atoms with Crippen LogP contribution in [0.2, 0.25) is 0 Å². The first-order chi connectivity index (χ1) is 19.0. The van der Waals surface area contributed by atoms with Crippen molar-refractivity contribution in [1.82, 2.24) is 15.6 Å². The molecule has 2 N–H and O–H groups in total. The van der Waals surface area contributed by atoms with Gasteiger partial charge in [-0.15, -0.1) is 13.2 Å². The van der Waals surface area contributed by atoms with Crippen LogP contribution in [0.25, 0.3) is 0 Å². The fraction of sp³-hybridized carbons (Fsp3) is 0.286. The Bertz CT molecular complexity index is 1410. The van der Waals surface area contributed by atoms with E-state index < -0.39 is 29.8 Å². The van der Waals surface area contributed by atoms with Crippen LogP contribution in [0.4, 0.5) is 24.5 Å². The summed E-state index contributed by atoms with van der Waals surface area (Å²) in [6.07, 6.45) is -2.47. The molecule has 1 aliphatic carbocycles. The van der Waals surface area contributed by atoms with Gasteiger partial charge in [0.1, 0.15) is 23.0 Å². The van der Waals surface area contributed by atoms with E-state index in [4.69, 9.17) is 0 Å². The Morgan fingerprint density at radius 1 is 1.02 bits per heavy atom. The number of anilines is 2. The fourth-order valence-electron chi connectivity index (χ4n) is 4.65. The van der Waals surface area contributed by atoms with E-state index in [-0.39, 0.29) is 30.4 Å². The lowest BCUT2D eigenvalue weighted by Crippen LogP contribution is -2.57. The third-order valence-corrected chi connectivity index (χ3v) is 6.89. The summed E-state index contributed by atoms with van der Waals surface area (Å²) in [5.74, 6) is -1.63. The molecule has 40 heavy (non-hydrogen) atoms. The van der Waals surface area contributed by atoms with Gasteiger partial charge >= 0.3 is 6.36 Å². The molecular weight excluding hydrogens is 527 g/mol. The van der Waals surface area contributed by atoms with E-state index in [1.54, 1.807) is 37.4 Å². The zero-order valence-corrected chi connectivity index (χ0v) is 21.4. The number of fused-ring (bicyclic) bond motifs is 1. The van der Waals surface area contributed by atoms with Crippen LogP contribution in [-0.2, 0) is 16.1 Å². The molecular formula is C28H26F3N5O4. The first-order valence-corrected chi connectivity index (χ1v) is 12.6. The number of hydrogen-bond acceptors (Lipinski definition) is 6. The second-order valence-electron chi connectivity index (χ2n) is 9.74. The number of pyridine rings is 1. The van der Waals surface area contributed by atoms with Gasteiger partial charge in [0.05, 0.1) is 11.4 Å². The number of alkyl halides is 3. The van der Waals surface area contributed by atoms with Crippen LogP contribution in [0, 0.1) is 0 Å². The minimum absolute atomic E-state index is 0.0942. The lowest BCUT2D eigenvalue weighted by Gasteiger charge is -2.28. The first kappa shape index (κ1) is 27.0. The summed E-state index contributed by atoms with van der Waals surface area (Å²) in [4.78, 5) is 46.9. The molecule has 1 atom stereocenters. The second-order valence-corrected chi connectivity index (χ2v) is 9.74. The molecule has 3 aromatic rings. The average molecular weight is 554 g/mol. The lowest BCUT2D eigenvalue weighted by atomic mass is 10.1. The van der Waals surface area contributed by atoms with Crippen molar-refractivity contribution in [3.63, 3.8) is 0 Å². The minimum atomic E-state index is -4.79. The van der Waals surface area contributed by atoms with Crippen molar-refractivity contribution in [2.24, 2.45) is 0 Å². The van der Waals surface area contributed by atoms with Gasteiger partial charge in [-0.2, -0.15) is 0 Å². The number of carbonyl (C=O) groups is 3. The molecule has 2 heterocycles. The number of benzene rings is 2. The summed E-state index contributed by atoms with van der Waals surface area (Å²) < 4.78 is 41.6. The zero-order valence-electron chi connectivity index (χ0n) is 21.4. The smallest absolute Gasteiger partial charge is 0.406 e. The number of halogens is 3. The molecule has 1 saturated carbocycles. The highest BCUT2D eigenvalue weighted by Crippen LogP contribution is 2.37. The number of nitrogens with one attached hydrogen (secondary N) is 2. The molecule has 12 heteroatoms. The summed E-state index contributed by atoms with van der Waals surface area (Å²) >= 11 is 0. The minimum Gasteiger partial charge on any atom is -0.406 e. The summed E-state index contributed by atoms with van der Waals surface area (Å²) in [5, 5.41) is 5.59. The number of ether oxygens (including phenoxy) is 1. The van der Waals surface area contributed by atoms with Gasteiger partial charge in [-0.25, -0.2) is 0 Å². The molecule has 0 spiro atoms. The van der Waals surface area contributed by atoms with Gasteiger partial charge in [-0.05, 0) is 54.8 Å². The third kappa shape index (κ3) is 5.85. The van der Waals surface area contributed by atoms with Crippen molar-refractivity contribution >= 4 is 29.1 Å². The zero-order chi connectivity index (χ0) is 28.5. The number of amides is 3. The average Bonchev–Trinajstić information content (AvgIpc) is 3.73. The molecule has 0 bridgehead atoms. The summed E-state index contributed by atoms with van der Waals surface area (Å²) in [6, 6.07) is 16.6. The monoisotopic (exact) mass is 553 g/mol. The Hall–Kier alpha value is -4.61. The summed E-state index contributed by atoms with van der Waals surface area (Å²) in [7, 11) is 1.61. The maximum absolute atomic E-state index is 13.5. The SMILES string of the molecule is CN1C(=O)C(NC(=O)C2(NC(=O)c3ccccn3)CC2)CN(Cc2ccc(OC(F)(F)F)cc2)c2ccccc21. The quantitative estimate of drug-likeness (QED) is 0.465. The van der Waals surface area contributed by atoms with Crippen molar-refractivity contribution in [2.45, 2.75) is 37.3 Å². The van der Waals surface area contributed by atoms with Crippen LogP contribution in [-0.4, -0.2) is 54.2 Å². The van der Waals surface area contributed by atoms with Crippen LogP contribution in [0.3, 0.4) is 0 Å². The van der Waals surface area contributed by atoms with Crippen LogP contribution in [0.1, 0.15) is 28.9 Å². The third-order valence-electron chi connectivity index (χ3n) is 6.89. The van der Waals surface area contributed by atoms with Crippen LogP contribution in [0.15, 0.2) is 72.9 Å². The molecule has 1 unspecified atom stereocenters. The van der Waals surface area contributed by atoms with Gasteiger partial charge in [0.15, 0.2) is 0 Å². The molecule has 3 amide bonds. The lowest BCUT2D eigenvalue weighted by molar-refractivity contribution is -0.274. The van der Waals surface area contributed by atoms with Crippen molar-refractivity contribution < 1.29 is 32.3 Å². The highest BCUT2D eigenvalue weighted by Gasteiger charge is 2.52. The van der Waals surface area contributed by atoms with Gasteiger partial charge in [0.25, 0.3) is 11.8 Å². The molecule has 1 fully saturated rings. The van der Waals surface area contributed by atoms with Gasteiger partial charge in [-0.1, -0.05) is 30.3 Å². The van der Waals surface area contributed by atoms with Gasteiger partial charge in [0.2, 0.25) is 5.91 Å². The highest BCUT2D eigenvalue weighted by atomic mass is 19.4. The molecule has 0 saturated heterocycles. The molecule has 208 valence electrons. The van der Waals surface area contributed by atoms with E-state index in [9.17, 15) is 27.6 Å². The highest BCUT2D eigenvalue weighted by molar-refractivity contribution is 6.05. The van der Waals surface area contributed by atoms with E-state index in [0.717, 1.165) is 5.69 Å². The Morgan fingerprint density at radius 2 is 1.70 bits per heavy atom. The van der Waals surface area contributed by atoms with E-state index >= 15 is 0 Å². The molecule has 2 aliphatic rings. The number of para-hydroxylation sites is 2. The normalized spacial score (nSPS) is 17.9. The van der Waals surface area contributed by atoms with Crippen LogP contribution < -0.4 is 25.2 Å². The largest absolute Gasteiger partial charge is 0.573 e. The number of carbonyl (C=O) groups excluding carboxylic acids is 3. The van der Waals surface area contributed by atoms with Gasteiger partial charge in [-0.3, -0.25) is 19.4 Å². The Morgan fingerprint density at radius 3 is 2.33 bits per heavy atom. The maximum Gasteiger partial charge on any atom is 0.573 e. The van der Waals surface area contributed by atoms with Gasteiger partial charge in [0, 0.05) is 26.3 Å². The van der Waals surface area contributed by atoms with Crippen molar-refractivity contribution in [3.8, 4) is 5.75 Å². The number of rotatable bonds is 7. The molecule has 1 aliphatic heterocycles. The van der Waals surface area contributed by atoms with Crippen molar-refractivity contribution in [1.29, 1.82) is 0 Å². The van der Waals surface area contributed by atoms with Gasteiger partial charge < -0.3 is 25.2 Å². The molecule has 1 aromatic heterocycles. The fourth-order valence-corrected chi connectivity index (χ4v) is 4.65. The number of aromatic nitrogens is 1. The molecule has 2 aromatic carbocycles. The Balaban J connectivity index is 1.35. The maximum atomic E-state index is 13.5. The van der Waals surface area contributed by atoms with Crippen molar-refractivity contribution in [2.75, 3.05) is 23.4 Å². The predicted octanol–water partition coefficient (Wildman–Crippen LogP) is 3.41. The van der Waals surface area contributed by atoms with Crippen LogP contribution >= 0.6 is 0 Å². The van der Waals surface area contributed by atoms with Crippen LogP contribution in [0.5, 0.6) is 5.75 Å². The summed E-state index contributed by atoms with van der Waals surface area (Å²) in [6.45, 7) is 0.343. The number of hydrogen-bond donors (Lipinski definition) is 2. The number of likely N-dealkylation sites (N-methyl/N-ethyl adjacent to an activating group) is 1. The molecule has 0 radical (unpaired) electrons. The number of nitrogens with zero attached hydrogens (tertiary/aromatic N) is 3. The van der Waals surface area contributed by atoms with E-state index in [0.29, 0.717) is 24.1 Å². The Kier molecular flexibility index (Phi) is 7.09. The summed E-state index contributed by atoms with van der Waals surface area (Å²) in [5.41, 5.74) is 1.06. The van der Waals surface area contributed by atoms with E-state index in [1.165, 1.54) is 35.4 Å². The van der Waals surface area contributed by atoms with Crippen molar-refractivity contribution in [3.05, 3.63) is 84.2 Å². The second kappa shape index (κ2) is 10.5. The van der Waals surface area contributed by atoms with E-state index in [1.807, 2.05) is 17.0 Å². The Labute approximate surface area is 227 Å². The first-order valence-electron chi connectivity index (χ1n) is 12.6. The topological polar surface area (TPSA) is 104 Å².